The molecule has 108 valence electrons. The molecule has 5 heteroatoms. The summed E-state index contributed by atoms with van der Waals surface area (Å²) in [4.78, 5) is 25.2. The summed E-state index contributed by atoms with van der Waals surface area (Å²) in [5.74, 6) is -1.09. The Morgan fingerprint density at radius 2 is 2.00 bits per heavy atom. The molecule has 1 saturated heterocycles. The van der Waals surface area contributed by atoms with Crippen molar-refractivity contribution in [2.45, 2.75) is 31.7 Å². The molecule has 1 aliphatic heterocycles. The summed E-state index contributed by atoms with van der Waals surface area (Å²) in [5.41, 5.74) is 0.591. The Hall–Kier alpha value is -1.88. The Morgan fingerprint density at radius 3 is 2.75 bits per heavy atom. The number of hydrogen-bond acceptors (Lipinski definition) is 3. The van der Waals surface area contributed by atoms with Gasteiger partial charge in [-0.15, -0.1) is 0 Å². The molecule has 0 saturated carbocycles. The average molecular weight is 276 g/mol. The normalized spacial score (nSPS) is 19.1. The lowest BCUT2D eigenvalue weighted by Gasteiger charge is -2.24. The number of benzene rings is 1. The first-order valence-electron chi connectivity index (χ1n) is 6.94. The van der Waals surface area contributed by atoms with E-state index in [4.69, 9.17) is 0 Å². The number of carboxylic acid groups (broad SMARTS) is 1. The van der Waals surface area contributed by atoms with Gasteiger partial charge < -0.3 is 15.3 Å². The molecular weight excluding hydrogens is 256 g/mol. The molecule has 1 fully saturated rings. The van der Waals surface area contributed by atoms with E-state index < -0.39 is 5.97 Å². The van der Waals surface area contributed by atoms with Crippen molar-refractivity contribution >= 4 is 17.6 Å². The zero-order valence-corrected chi connectivity index (χ0v) is 11.6. The number of para-hydroxylation sites is 1. The predicted octanol–water partition coefficient (Wildman–Crippen LogP) is 1.88. The van der Waals surface area contributed by atoms with Crippen LogP contribution in [0, 0.1) is 0 Å². The lowest BCUT2D eigenvalue weighted by atomic mass is 10.1. The number of likely N-dealkylation sites (N-methyl/N-ethyl adjacent to an activating group) is 1. The molecule has 1 aliphatic rings. The quantitative estimate of drug-likeness (QED) is 0.884. The number of amides is 1. The minimum atomic E-state index is -1.02. The third kappa shape index (κ3) is 3.17. The molecule has 1 amide bonds. The SMILES string of the molecule is CN(C(=O)C1CCCCCN1)c1ccccc1C(=O)O. The molecule has 20 heavy (non-hydrogen) atoms. The zero-order chi connectivity index (χ0) is 14.5. The fourth-order valence-electron chi connectivity index (χ4n) is 2.54. The Bertz CT molecular complexity index is 494. The molecule has 0 aliphatic carbocycles. The predicted molar refractivity (Wildman–Crippen MR) is 77.1 cm³/mol. The van der Waals surface area contributed by atoms with Gasteiger partial charge in [0.25, 0.3) is 0 Å². The molecule has 0 aromatic heterocycles. The van der Waals surface area contributed by atoms with Crippen molar-refractivity contribution < 1.29 is 14.7 Å². The van der Waals surface area contributed by atoms with Crippen molar-refractivity contribution in [3.05, 3.63) is 29.8 Å². The molecule has 0 spiro atoms. The van der Waals surface area contributed by atoms with E-state index in [-0.39, 0.29) is 17.5 Å². The number of aromatic carboxylic acids is 1. The monoisotopic (exact) mass is 276 g/mol. The summed E-state index contributed by atoms with van der Waals surface area (Å²) in [6.07, 6.45) is 4.04. The second-order valence-corrected chi connectivity index (χ2v) is 5.08. The van der Waals surface area contributed by atoms with E-state index in [0.29, 0.717) is 5.69 Å². The van der Waals surface area contributed by atoms with Gasteiger partial charge in [0.1, 0.15) is 0 Å². The smallest absolute Gasteiger partial charge is 0.337 e. The summed E-state index contributed by atoms with van der Waals surface area (Å²) in [6.45, 7) is 0.838. The first kappa shape index (κ1) is 14.5. The van der Waals surface area contributed by atoms with Gasteiger partial charge in [-0.3, -0.25) is 4.79 Å². The van der Waals surface area contributed by atoms with Crippen molar-refractivity contribution in [3.8, 4) is 0 Å². The highest BCUT2D eigenvalue weighted by atomic mass is 16.4. The molecule has 2 rings (SSSR count). The maximum absolute atomic E-state index is 12.5. The number of hydrogen-bond donors (Lipinski definition) is 2. The van der Waals surface area contributed by atoms with Gasteiger partial charge in [-0.05, 0) is 31.5 Å². The van der Waals surface area contributed by atoms with Gasteiger partial charge in [-0.2, -0.15) is 0 Å². The van der Waals surface area contributed by atoms with Crippen molar-refractivity contribution in [2.24, 2.45) is 0 Å². The van der Waals surface area contributed by atoms with Crippen molar-refractivity contribution in [2.75, 3.05) is 18.5 Å². The summed E-state index contributed by atoms with van der Waals surface area (Å²) < 4.78 is 0. The standard InChI is InChI=1S/C15H20N2O3/c1-17(13-9-5-4-7-11(13)15(19)20)14(18)12-8-3-2-6-10-16-12/h4-5,7,9,12,16H,2-3,6,8,10H2,1H3,(H,19,20). The second kappa shape index (κ2) is 6.52. The van der Waals surface area contributed by atoms with Gasteiger partial charge in [0.15, 0.2) is 0 Å². The van der Waals surface area contributed by atoms with E-state index in [1.165, 1.54) is 11.0 Å². The summed E-state index contributed by atoms with van der Waals surface area (Å²) in [5, 5.41) is 12.4. The third-order valence-corrected chi connectivity index (χ3v) is 3.68. The van der Waals surface area contributed by atoms with Crippen LogP contribution in [-0.4, -0.2) is 36.6 Å². The molecule has 1 aromatic carbocycles. The molecule has 2 N–H and O–H groups in total. The topological polar surface area (TPSA) is 69.6 Å². The van der Waals surface area contributed by atoms with E-state index in [0.717, 1.165) is 32.2 Å². The molecule has 1 atom stereocenters. The Balaban J connectivity index is 2.19. The van der Waals surface area contributed by atoms with Crippen LogP contribution in [-0.2, 0) is 4.79 Å². The number of nitrogens with zero attached hydrogens (tertiary/aromatic N) is 1. The molecule has 1 aromatic rings. The van der Waals surface area contributed by atoms with E-state index in [1.807, 2.05) is 0 Å². The summed E-state index contributed by atoms with van der Waals surface area (Å²) in [7, 11) is 1.64. The van der Waals surface area contributed by atoms with E-state index in [1.54, 1.807) is 25.2 Å². The summed E-state index contributed by atoms with van der Waals surface area (Å²) >= 11 is 0. The number of carbonyl (C=O) groups is 2. The average Bonchev–Trinajstić information content (AvgIpc) is 2.74. The third-order valence-electron chi connectivity index (χ3n) is 3.68. The lowest BCUT2D eigenvalue weighted by molar-refractivity contribution is -0.120. The highest BCUT2D eigenvalue weighted by Gasteiger charge is 2.25. The van der Waals surface area contributed by atoms with Gasteiger partial charge in [-0.1, -0.05) is 25.0 Å². The van der Waals surface area contributed by atoms with E-state index in [9.17, 15) is 14.7 Å². The number of rotatable bonds is 3. The van der Waals surface area contributed by atoms with E-state index >= 15 is 0 Å². The van der Waals surface area contributed by atoms with Crippen LogP contribution >= 0.6 is 0 Å². The van der Waals surface area contributed by atoms with Gasteiger partial charge in [-0.25, -0.2) is 4.79 Å². The van der Waals surface area contributed by atoms with Gasteiger partial charge >= 0.3 is 5.97 Å². The van der Waals surface area contributed by atoms with Crippen molar-refractivity contribution in [1.29, 1.82) is 0 Å². The second-order valence-electron chi connectivity index (χ2n) is 5.08. The molecule has 1 unspecified atom stereocenters. The minimum absolute atomic E-state index is 0.0689. The number of carboxylic acids is 1. The van der Waals surface area contributed by atoms with Crippen LogP contribution in [0.1, 0.15) is 36.0 Å². The van der Waals surface area contributed by atoms with Crippen LogP contribution in [0.4, 0.5) is 5.69 Å². The van der Waals surface area contributed by atoms with Crippen molar-refractivity contribution in [3.63, 3.8) is 0 Å². The highest BCUT2D eigenvalue weighted by molar-refractivity contribution is 6.03. The first-order chi connectivity index (χ1) is 9.61. The van der Waals surface area contributed by atoms with Crippen LogP contribution in [0.2, 0.25) is 0 Å². The Morgan fingerprint density at radius 1 is 1.25 bits per heavy atom. The van der Waals surface area contributed by atoms with Crippen LogP contribution in [0.3, 0.4) is 0 Å². The van der Waals surface area contributed by atoms with Gasteiger partial charge in [0, 0.05) is 7.05 Å². The maximum Gasteiger partial charge on any atom is 0.337 e. The fourth-order valence-corrected chi connectivity index (χ4v) is 2.54. The van der Waals surface area contributed by atoms with E-state index in [2.05, 4.69) is 5.32 Å². The Labute approximate surface area is 118 Å². The number of nitrogens with one attached hydrogen (secondary N) is 1. The fraction of sp³-hybridized carbons (Fsp3) is 0.467. The van der Waals surface area contributed by atoms with Crippen LogP contribution in [0.15, 0.2) is 24.3 Å². The highest BCUT2D eigenvalue weighted by Crippen LogP contribution is 2.21. The number of carbonyl (C=O) groups excluding carboxylic acids is 1. The lowest BCUT2D eigenvalue weighted by Crippen LogP contribution is -2.45. The summed E-state index contributed by atoms with van der Waals surface area (Å²) in [6, 6.07) is 6.37. The van der Waals surface area contributed by atoms with Crippen molar-refractivity contribution in [1.82, 2.24) is 5.32 Å². The first-order valence-corrected chi connectivity index (χ1v) is 6.94. The zero-order valence-electron chi connectivity index (χ0n) is 11.6. The number of anilines is 1. The Kier molecular flexibility index (Phi) is 4.74. The largest absolute Gasteiger partial charge is 0.478 e. The molecular formula is C15H20N2O3. The van der Waals surface area contributed by atoms with Gasteiger partial charge in [0.05, 0.1) is 17.3 Å². The molecule has 0 radical (unpaired) electrons. The van der Waals surface area contributed by atoms with Crippen LogP contribution < -0.4 is 10.2 Å². The van der Waals surface area contributed by atoms with Crippen LogP contribution in [0.25, 0.3) is 0 Å². The molecule has 0 bridgehead atoms. The van der Waals surface area contributed by atoms with Crippen LogP contribution in [0.5, 0.6) is 0 Å². The molecule has 1 heterocycles. The molecule has 5 nitrogen and oxygen atoms in total. The minimum Gasteiger partial charge on any atom is -0.478 e. The van der Waals surface area contributed by atoms with Gasteiger partial charge in [0.2, 0.25) is 5.91 Å². The maximum atomic E-state index is 12.5.